The zero-order valence-electron chi connectivity index (χ0n) is 11.8. The fourth-order valence-electron chi connectivity index (χ4n) is 2.58. The molecule has 0 radical (unpaired) electrons. The van der Waals surface area contributed by atoms with Crippen molar-refractivity contribution in [2.24, 2.45) is 0 Å². The Labute approximate surface area is 113 Å². The minimum Gasteiger partial charge on any atom is -0.480 e. The van der Waals surface area contributed by atoms with Crippen molar-refractivity contribution in [1.82, 2.24) is 19.8 Å². The van der Waals surface area contributed by atoms with Crippen molar-refractivity contribution in [2.45, 2.75) is 32.9 Å². The summed E-state index contributed by atoms with van der Waals surface area (Å²) in [4.78, 5) is 23.0. The summed E-state index contributed by atoms with van der Waals surface area (Å²) in [5.41, 5.74) is 0.669. The molecule has 2 rings (SSSR count). The Bertz CT molecular complexity index is 436. The van der Waals surface area contributed by atoms with E-state index in [9.17, 15) is 9.90 Å². The van der Waals surface area contributed by atoms with Gasteiger partial charge in [-0.05, 0) is 20.8 Å². The second-order valence-electron chi connectivity index (χ2n) is 5.33. The lowest BCUT2D eigenvalue weighted by molar-refractivity contribution is -0.144. The fourth-order valence-corrected chi connectivity index (χ4v) is 2.58. The Morgan fingerprint density at radius 3 is 2.32 bits per heavy atom. The number of hydrogen-bond donors (Lipinski definition) is 2. The molecule has 1 aliphatic rings. The average molecular weight is 266 g/mol. The first-order valence-corrected chi connectivity index (χ1v) is 6.71. The number of carboxylic acids is 1. The van der Waals surface area contributed by atoms with Gasteiger partial charge < -0.3 is 10.1 Å². The highest BCUT2D eigenvalue weighted by molar-refractivity contribution is 5.74. The predicted octanol–water partition coefficient (Wildman–Crippen LogP) is 0.870. The van der Waals surface area contributed by atoms with Crippen molar-refractivity contribution in [2.75, 3.05) is 26.2 Å². The van der Waals surface area contributed by atoms with E-state index in [4.69, 9.17) is 0 Å². The van der Waals surface area contributed by atoms with Crippen LogP contribution in [0.1, 0.15) is 31.4 Å². The van der Waals surface area contributed by atoms with Gasteiger partial charge >= 0.3 is 5.97 Å². The van der Waals surface area contributed by atoms with Crippen LogP contribution >= 0.6 is 0 Å². The van der Waals surface area contributed by atoms with Crippen molar-refractivity contribution in [3.8, 4) is 0 Å². The van der Waals surface area contributed by atoms with Gasteiger partial charge in [-0.3, -0.25) is 14.6 Å². The SMILES string of the molecule is Cc1ncc(C(C(=O)O)N2CCN(C(C)C)CC2)[nH]1. The number of imidazole rings is 1. The number of carbonyl (C=O) groups is 1. The van der Waals surface area contributed by atoms with Crippen LogP contribution in [0.25, 0.3) is 0 Å². The smallest absolute Gasteiger partial charge is 0.327 e. The molecule has 0 aromatic carbocycles. The van der Waals surface area contributed by atoms with Gasteiger partial charge in [0.1, 0.15) is 5.82 Å². The van der Waals surface area contributed by atoms with Crippen LogP contribution in [-0.4, -0.2) is 63.1 Å². The molecule has 1 fully saturated rings. The summed E-state index contributed by atoms with van der Waals surface area (Å²) in [6.07, 6.45) is 1.63. The lowest BCUT2D eigenvalue weighted by Gasteiger charge is -2.39. The van der Waals surface area contributed by atoms with E-state index in [1.807, 2.05) is 11.8 Å². The molecule has 0 amide bonds. The fraction of sp³-hybridized carbons (Fsp3) is 0.692. The van der Waals surface area contributed by atoms with Gasteiger partial charge in [-0.2, -0.15) is 0 Å². The first kappa shape index (κ1) is 14.0. The summed E-state index contributed by atoms with van der Waals surface area (Å²) in [6, 6.07) is -0.102. The third kappa shape index (κ3) is 3.13. The van der Waals surface area contributed by atoms with Gasteiger partial charge in [-0.25, -0.2) is 4.98 Å². The van der Waals surface area contributed by atoms with Crippen LogP contribution in [0, 0.1) is 6.92 Å². The molecule has 1 unspecified atom stereocenters. The molecule has 0 aliphatic carbocycles. The third-order valence-electron chi connectivity index (χ3n) is 3.70. The van der Waals surface area contributed by atoms with Crippen molar-refractivity contribution in [3.63, 3.8) is 0 Å². The first-order valence-electron chi connectivity index (χ1n) is 6.71. The van der Waals surface area contributed by atoms with E-state index in [1.165, 1.54) is 0 Å². The molecule has 6 nitrogen and oxygen atoms in total. The maximum atomic E-state index is 11.5. The molecule has 1 saturated heterocycles. The van der Waals surface area contributed by atoms with Gasteiger partial charge in [0, 0.05) is 32.2 Å². The number of piperazine rings is 1. The van der Waals surface area contributed by atoms with Crippen LogP contribution in [-0.2, 0) is 4.79 Å². The van der Waals surface area contributed by atoms with Crippen LogP contribution in [0.2, 0.25) is 0 Å². The first-order chi connectivity index (χ1) is 8.99. The largest absolute Gasteiger partial charge is 0.480 e. The van der Waals surface area contributed by atoms with E-state index in [1.54, 1.807) is 6.20 Å². The van der Waals surface area contributed by atoms with Crippen LogP contribution in [0.15, 0.2) is 6.20 Å². The Kier molecular flexibility index (Phi) is 4.21. The summed E-state index contributed by atoms with van der Waals surface area (Å²) in [7, 11) is 0. The molecule has 0 bridgehead atoms. The summed E-state index contributed by atoms with van der Waals surface area (Å²) in [6.45, 7) is 9.54. The monoisotopic (exact) mass is 266 g/mol. The van der Waals surface area contributed by atoms with Gasteiger partial charge in [0.15, 0.2) is 6.04 Å². The standard InChI is InChI=1S/C13H22N4O2/c1-9(2)16-4-6-17(7-5-16)12(13(18)19)11-8-14-10(3)15-11/h8-9,12H,4-7H2,1-3H3,(H,14,15)(H,18,19). The minimum atomic E-state index is -0.818. The van der Waals surface area contributed by atoms with E-state index >= 15 is 0 Å². The molecule has 1 aromatic rings. The lowest BCUT2D eigenvalue weighted by atomic mass is 10.1. The number of aliphatic carboxylic acids is 1. The van der Waals surface area contributed by atoms with Gasteiger partial charge in [0.05, 0.1) is 11.9 Å². The molecule has 0 spiro atoms. The molecule has 19 heavy (non-hydrogen) atoms. The Hall–Kier alpha value is -1.40. The molecule has 2 N–H and O–H groups in total. The molecule has 1 aromatic heterocycles. The van der Waals surface area contributed by atoms with E-state index in [0.717, 1.165) is 32.0 Å². The summed E-state index contributed by atoms with van der Waals surface area (Å²) in [5, 5.41) is 9.46. The topological polar surface area (TPSA) is 72.5 Å². The van der Waals surface area contributed by atoms with E-state index in [-0.39, 0.29) is 0 Å². The van der Waals surface area contributed by atoms with Crippen molar-refractivity contribution < 1.29 is 9.90 Å². The van der Waals surface area contributed by atoms with Crippen LogP contribution in [0.5, 0.6) is 0 Å². The number of hydrogen-bond acceptors (Lipinski definition) is 4. The number of aryl methyl sites for hydroxylation is 1. The van der Waals surface area contributed by atoms with Gasteiger partial charge in [-0.1, -0.05) is 0 Å². The highest BCUT2D eigenvalue weighted by Gasteiger charge is 2.31. The second-order valence-corrected chi connectivity index (χ2v) is 5.33. The Balaban J connectivity index is 2.08. The summed E-state index contributed by atoms with van der Waals surface area (Å²) >= 11 is 0. The van der Waals surface area contributed by atoms with E-state index in [0.29, 0.717) is 11.7 Å². The molecular formula is C13H22N4O2. The number of H-pyrrole nitrogens is 1. The van der Waals surface area contributed by atoms with E-state index < -0.39 is 12.0 Å². The molecular weight excluding hydrogens is 244 g/mol. The molecule has 0 saturated carbocycles. The number of carboxylic acid groups (broad SMARTS) is 1. The maximum Gasteiger partial charge on any atom is 0.327 e. The molecule has 1 atom stereocenters. The minimum absolute atomic E-state index is 0.514. The summed E-state index contributed by atoms with van der Waals surface area (Å²) < 4.78 is 0. The van der Waals surface area contributed by atoms with Gasteiger partial charge in [0.2, 0.25) is 0 Å². The van der Waals surface area contributed by atoms with Crippen molar-refractivity contribution >= 4 is 5.97 Å². The average Bonchev–Trinajstić information content (AvgIpc) is 2.76. The normalized spacial score (nSPS) is 19.8. The third-order valence-corrected chi connectivity index (χ3v) is 3.70. The lowest BCUT2D eigenvalue weighted by Crippen LogP contribution is -2.51. The zero-order valence-corrected chi connectivity index (χ0v) is 11.8. The Morgan fingerprint density at radius 1 is 1.32 bits per heavy atom. The van der Waals surface area contributed by atoms with Crippen LogP contribution in [0.3, 0.4) is 0 Å². The number of rotatable bonds is 4. The van der Waals surface area contributed by atoms with Crippen molar-refractivity contribution in [3.05, 3.63) is 17.7 Å². The summed E-state index contributed by atoms with van der Waals surface area (Å²) in [5.74, 6) is -0.0660. The highest BCUT2D eigenvalue weighted by atomic mass is 16.4. The number of nitrogens with zero attached hydrogens (tertiary/aromatic N) is 3. The number of aromatic nitrogens is 2. The molecule has 6 heteroatoms. The number of aromatic amines is 1. The zero-order chi connectivity index (χ0) is 14.0. The Morgan fingerprint density at radius 2 is 1.89 bits per heavy atom. The number of nitrogens with one attached hydrogen (secondary N) is 1. The predicted molar refractivity (Wildman–Crippen MR) is 72.0 cm³/mol. The van der Waals surface area contributed by atoms with Crippen molar-refractivity contribution in [1.29, 1.82) is 0 Å². The van der Waals surface area contributed by atoms with Crippen LogP contribution < -0.4 is 0 Å². The second kappa shape index (κ2) is 5.71. The quantitative estimate of drug-likeness (QED) is 0.846. The molecule has 106 valence electrons. The molecule has 1 aliphatic heterocycles. The van der Waals surface area contributed by atoms with Crippen LogP contribution in [0.4, 0.5) is 0 Å². The van der Waals surface area contributed by atoms with E-state index in [2.05, 4.69) is 28.7 Å². The maximum absolute atomic E-state index is 11.5. The molecule has 2 heterocycles. The van der Waals surface area contributed by atoms with Gasteiger partial charge in [0.25, 0.3) is 0 Å². The highest BCUT2D eigenvalue weighted by Crippen LogP contribution is 2.21. The van der Waals surface area contributed by atoms with Gasteiger partial charge in [-0.15, -0.1) is 0 Å².